The molecule has 0 fully saturated rings. The lowest BCUT2D eigenvalue weighted by Crippen LogP contribution is -2.34. The maximum absolute atomic E-state index is 12.6. The molecule has 2 aromatic carbocycles. The van der Waals surface area contributed by atoms with Crippen molar-refractivity contribution < 1.29 is 22.7 Å². The lowest BCUT2D eigenvalue weighted by atomic mass is 10.2. The molecule has 31 heavy (non-hydrogen) atoms. The van der Waals surface area contributed by atoms with Crippen molar-refractivity contribution in [2.75, 3.05) is 25.6 Å². The summed E-state index contributed by atoms with van der Waals surface area (Å²) in [5.41, 5.74) is 0.873. The zero-order valence-corrected chi connectivity index (χ0v) is 19.3. The summed E-state index contributed by atoms with van der Waals surface area (Å²) in [5.74, 6) is -0.00862. The number of ether oxygens (including phenoxy) is 2. The van der Waals surface area contributed by atoms with Gasteiger partial charge in [-0.05, 0) is 62.0 Å². The summed E-state index contributed by atoms with van der Waals surface area (Å²) in [6.07, 6.45) is 0.688. The highest BCUT2D eigenvalue weighted by molar-refractivity contribution is 7.89. The maximum Gasteiger partial charge on any atom is 0.261 e. The first-order chi connectivity index (χ1) is 14.8. The summed E-state index contributed by atoms with van der Waals surface area (Å²) in [5, 5.41) is 5.54. The Morgan fingerprint density at radius 3 is 2.42 bits per heavy atom. The van der Waals surface area contributed by atoms with E-state index in [9.17, 15) is 13.2 Å². The van der Waals surface area contributed by atoms with Crippen molar-refractivity contribution in [3.63, 3.8) is 0 Å². The number of benzene rings is 2. The summed E-state index contributed by atoms with van der Waals surface area (Å²) in [6.45, 7) is 4.41. The fourth-order valence-electron chi connectivity index (χ4n) is 2.48. The van der Waals surface area contributed by atoms with Gasteiger partial charge in [0, 0.05) is 18.8 Å². The second-order valence-corrected chi connectivity index (χ2v) is 8.82. The molecule has 2 rings (SSSR count). The third-order valence-corrected chi connectivity index (χ3v) is 6.10. The quantitative estimate of drug-likeness (QED) is 0.366. The van der Waals surface area contributed by atoms with Crippen LogP contribution in [0.3, 0.4) is 0 Å². The number of hydrogen-bond donors (Lipinski definition) is 3. The van der Waals surface area contributed by atoms with Crippen LogP contribution in [0.15, 0.2) is 53.4 Å². The molecular formula is C21H27N3O5S2. The van der Waals surface area contributed by atoms with Crippen LogP contribution in [-0.4, -0.2) is 45.8 Å². The molecule has 1 amide bonds. The smallest absolute Gasteiger partial charge is 0.261 e. The van der Waals surface area contributed by atoms with Gasteiger partial charge in [-0.25, -0.2) is 13.1 Å². The Labute approximate surface area is 188 Å². The van der Waals surface area contributed by atoms with E-state index in [1.807, 2.05) is 6.92 Å². The Morgan fingerprint density at radius 1 is 1.10 bits per heavy atom. The molecule has 1 atom stereocenters. The van der Waals surface area contributed by atoms with Crippen LogP contribution in [0.4, 0.5) is 5.69 Å². The second kappa shape index (κ2) is 11.8. The van der Waals surface area contributed by atoms with Gasteiger partial charge < -0.3 is 14.8 Å². The van der Waals surface area contributed by atoms with Crippen molar-refractivity contribution in [2.45, 2.75) is 31.2 Å². The SMILES string of the molecule is CCC(C)NS(=O)(=O)c1ccc(NC(=S)NC(=O)c2ccccc2OCCOC)cc1. The number of methoxy groups -OCH3 is 1. The van der Waals surface area contributed by atoms with Crippen LogP contribution in [0.1, 0.15) is 30.6 Å². The average molecular weight is 466 g/mol. The predicted octanol–water partition coefficient (Wildman–Crippen LogP) is 2.92. The summed E-state index contributed by atoms with van der Waals surface area (Å²) < 4.78 is 37.8. The molecule has 0 aliphatic heterocycles. The van der Waals surface area contributed by atoms with Gasteiger partial charge in [0.2, 0.25) is 10.0 Å². The fraction of sp³-hybridized carbons (Fsp3) is 0.333. The van der Waals surface area contributed by atoms with Crippen molar-refractivity contribution >= 4 is 38.9 Å². The molecule has 3 N–H and O–H groups in total. The summed E-state index contributed by atoms with van der Waals surface area (Å²) in [7, 11) is -2.02. The number of hydrogen-bond acceptors (Lipinski definition) is 6. The zero-order chi connectivity index (χ0) is 22.9. The van der Waals surface area contributed by atoms with Gasteiger partial charge in [-0.1, -0.05) is 19.1 Å². The van der Waals surface area contributed by atoms with E-state index in [0.717, 1.165) is 0 Å². The van der Waals surface area contributed by atoms with Gasteiger partial charge in [-0.3, -0.25) is 10.1 Å². The summed E-state index contributed by atoms with van der Waals surface area (Å²) in [6, 6.07) is 12.7. The van der Waals surface area contributed by atoms with E-state index in [2.05, 4.69) is 15.4 Å². The standard InChI is InChI=1S/C21H27N3O5S2/c1-4-15(2)24-31(26,27)17-11-9-16(10-12-17)22-21(30)23-20(25)18-7-5-6-8-19(18)29-14-13-28-3/h5-12,15,24H,4,13-14H2,1-3H3,(H2,22,23,25,30). The van der Waals surface area contributed by atoms with Crippen LogP contribution in [0.5, 0.6) is 5.75 Å². The summed E-state index contributed by atoms with van der Waals surface area (Å²) in [4.78, 5) is 12.7. The molecule has 0 spiro atoms. The number of sulfonamides is 1. The predicted molar refractivity (Wildman–Crippen MR) is 124 cm³/mol. The molecule has 0 aliphatic carbocycles. The number of carbonyl (C=O) groups excluding carboxylic acids is 1. The van der Waals surface area contributed by atoms with Crippen LogP contribution in [0, 0.1) is 0 Å². The molecule has 10 heteroatoms. The highest BCUT2D eigenvalue weighted by Gasteiger charge is 2.17. The topological polar surface area (TPSA) is 106 Å². The van der Waals surface area contributed by atoms with Crippen LogP contribution in [-0.2, 0) is 14.8 Å². The van der Waals surface area contributed by atoms with E-state index in [1.54, 1.807) is 50.4 Å². The van der Waals surface area contributed by atoms with Gasteiger partial charge in [-0.15, -0.1) is 0 Å². The second-order valence-electron chi connectivity index (χ2n) is 6.70. The third kappa shape index (κ3) is 7.59. The molecule has 2 aromatic rings. The van der Waals surface area contributed by atoms with Gasteiger partial charge in [0.15, 0.2) is 5.11 Å². The van der Waals surface area contributed by atoms with Gasteiger partial charge >= 0.3 is 0 Å². The Balaban J connectivity index is 1.99. The lowest BCUT2D eigenvalue weighted by molar-refractivity contribution is 0.0970. The number of anilines is 1. The molecule has 0 saturated heterocycles. The first kappa shape index (κ1) is 24.7. The van der Waals surface area contributed by atoms with Crippen LogP contribution in [0.2, 0.25) is 0 Å². The lowest BCUT2D eigenvalue weighted by Gasteiger charge is -2.14. The number of para-hydroxylation sites is 1. The molecule has 1 unspecified atom stereocenters. The van der Waals surface area contributed by atoms with Gasteiger partial charge in [0.25, 0.3) is 5.91 Å². The Bertz CT molecular complexity index is 994. The molecule has 0 aliphatic rings. The van der Waals surface area contributed by atoms with E-state index in [4.69, 9.17) is 21.7 Å². The first-order valence-corrected chi connectivity index (χ1v) is 11.6. The normalized spacial score (nSPS) is 12.1. The van der Waals surface area contributed by atoms with E-state index in [-0.39, 0.29) is 16.0 Å². The molecule has 0 bridgehead atoms. The average Bonchev–Trinajstić information content (AvgIpc) is 2.74. The molecular weight excluding hydrogens is 438 g/mol. The summed E-state index contributed by atoms with van der Waals surface area (Å²) >= 11 is 5.21. The Hall–Kier alpha value is -2.53. The number of thiocarbonyl (C=S) groups is 1. The van der Waals surface area contributed by atoms with Crippen molar-refractivity contribution in [1.82, 2.24) is 10.0 Å². The van der Waals surface area contributed by atoms with Gasteiger partial charge in [0.05, 0.1) is 17.1 Å². The molecule has 0 heterocycles. The van der Waals surface area contributed by atoms with Crippen molar-refractivity contribution in [1.29, 1.82) is 0 Å². The number of carbonyl (C=O) groups is 1. The third-order valence-electron chi connectivity index (χ3n) is 4.29. The fourth-order valence-corrected chi connectivity index (χ4v) is 4.02. The number of amides is 1. The van der Waals surface area contributed by atoms with Crippen LogP contribution < -0.4 is 20.1 Å². The minimum atomic E-state index is -3.59. The van der Waals surface area contributed by atoms with Crippen LogP contribution in [0.25, 0.3) is 0 Å². The highest BCUT2D eigenvalue weighted by atomic mass is 32.2. The Kier molecular flexibility index (Phi) is 9.38. The van der Waals surface area contributed by atoms with Gasteiger partial charge in [0.1, 0.15) is 12.4 Å². The monoisotopic (exact) mass is 465 g/mol. The molecule has 0 aromatic heterocycles. The van der Waals surface area contributed by atoms with E-state index >= 15 is 0 Å². The van der Waals surface area contributed by atoms with Crippen molar-refractivity contribution in [3.8, 4) is 5.75 Å². The zero-order valence-electron chi connectivity index (χ0n) is 17.7. The van der Waals surface area contributed by atoms with Crippen molar-refractivity contribution in [2.24, 2.45) is 0 Å². The van der Waals surface area contributed by atoms with Gasteiger partial charge in [-0.2, -0.15) is 0 Å². The minimum absolute atomic E-state index is 0.0741. The molecule has 8 nitrogen and oxygen atoms in total. The van der Waals surface area contributed by atoms with E-state index in [1.165, 1.54) is 12.1 Å². The minimum Gasteiger partial charge on any atom is -0.490 e. The van der Waals surface area contributed by atoms with Crippen molar-refractivity contribution in [3.05, 3.63) is 54.1 Å². The maximum atomic E-state index is 12.6. The molecule has 0 saturated carbocycles. The van der Waals surface area contributed by atoms with E-state index < -0.39 is 15.9 Å². The van der Waals surface area contributed by atoms with Crippen LogP contribution >= 0.6 is 12.2 Å². The molecule has 168 valence electrons. The van der Waals surface area contributed by atoms with E-state index in [0.29, 0.717) is 36.6 Å². The highest BCUT2D eigenvalue weighted by Crippen LogP contribution is 2.18. The first-order valence-electron chi connectivity index (χ1n) is 9.72. The number of nitrogens with one attached hydrogen (secondary N) is 3. The largest absolute Gasteiger partial charge is 0.490 e. The number of rotatable bonds is 10. The Morgan fingerprint density at radius 2 is 1.77 bits per heavy atom. The molecule has 0 radical (unpaired) electrons.